The molecule has 2 rings (SSSR count). The Morgan fingerprint density at radius 3 is 2.41 bits per heavy atom. The van der Waals surface area contributed by atoms with Crippen LogP contribution in [0.25, 0.3) is 0 Å². The van der Waals surface area contributed by atoms with Crippen LogP contribution >= 0.6 is 23.4 Å². The van der Waals surface area contributed by atoms with Crippen LogP contribution < -0.4 is 0 Å². The Labute approximate surface area is 107 Å². The highest BCUT2D eigenvalue weighted by atomic mass is 35.5. The number of carbonyl (C=O) groups excluding carboxylic acids is 3. The van der Waals surface area contributed by atoms with E-state index in [0.29, 0.717) is 12.3 Å². The minimum atomic E-state index is -0.701. The number of hydrogen-bond acceptors (Lipinski definition) is 4. The summed E-state index contributed by atoms with van der Waals surface area (Å²) in [7, 11) is 0. The molecule has 17 heavy (non-hydrogen) atoms. The predicted octanol–water partition coefficient (Wildman–Crippen LogP) is 2.37. The van der Waals surface area contributed by atoms with Gasteiger partial charge in [0.05, 0.1) is 5.56 Å². The molecule has 1 saturated heterocycles. The first kappa shape index (κ1) is 12.1. The quantitative estimate of drug-likeness (QED) is 0.774. The molecule has 0 saturated carbocycles. The Morgan fingerprint density at radius 1 is 1.24 bits per heavy atom. The van der Waals surface area contributed by atoms with Gasteiger partial charge in [-0.1, -0.05) is 23.9 Å². The third-order valence-electron chi connectivity index (χ3n) is 2.38. The van der Waals surface area contributed by atoms with Crippen molar-refractivity contribution in [1.82, 2.24) is 4.90 Å². The average Bonchev–Trinajstić information content (AvgIpc) is 2.74. The van der Waals surface area contributed by atoms with Crippen molar-refractivity contribution in [2.75, 3.05) is 12.3 Å². The minimum absolute atomic E-state index is 0.129. The SMILES string of the molecule is O=C(Cl)c1ccccc1C(=O)N1CCSC1=O. The van der Waals surface area contributed by atoms with Gasteiger partial charge >= 0.3 is 0 Å². The molecule has 0 unspecified atom stereocenters. The highest BCUT2D eigenvalue weighted by Gasteiger charge is 2.30. The van der Waals surface area contributed by atoms with Crippen molar-refractivity contribution in [3.8, 4) is 0 Å². The zero-order valence-electron chi connectivity index (χ0n) is 8.68. The zero-order valence-corrected chi connectivity index (χ0v) is 10.3. The van der Waals surface area contributed by atoms with Crippen molar-refractivity contribution in [3.05, 3.63) is 35.4 Å². The van der Waals surface area contributed by atoms with Crippen LogP contribution in [0.3, 0.4) is 0 Å². The predicted molar refractivity (Wildman–Crippen MR) is 65.5 cm³/mol. The Kier molecular flexibility index (Phi) is 3.49. The average molecular weight is 270 g/mol. The zero-order chi connectivity index (χ0) is 12.4. The summed E-state index contributed by atoms with van der Waals surface area (Å²) in [6.45, 7) is 0.368. The van der Waals surface area contributed by atoms with Crippen LogP contribution in [0.15, 0.2) is 24.3 Å². The van der Waals surface area contributed by atoms with Gasteiger partial charge in [0.25, 0.3) is 16.4 Å². The second-order valence-electron chi connectivity index (χ2n) is 3.39. The number of halogens is 1. The number of imide groups is 1. The molecule has 6 heteroatoms. The smallest absolute Gasteiger partial charge is 0.276 e. The number of nitrogens with zero attached hydrogens (tertiary/aromatic N) is 1. The van der Waals surface area contributed by atoms with Crippen LogP contribution in [0, 0.1) is 0 Å². The van der Waals surface area contributed by atoms with Gasteiger partial charge in [-0.15, -0.1) is 0 Å². The largest absolute Gasteiger partial charge is 0.288 e. The summed E-state index contributed by atoms with van der Waals surface area (Å²) in [5.74, 6) is 0.117. The van der Waals surface area contributed by atoms with Gasteiger partial charge in [-0.2, -0.15) is 0 Å². The highest BCUT2D eigenvalue weighted by molar-refractivity contribution is 8.13. The molecular weight excluding hydrogens is 262 g/mol. The van der Waals surface area contributed by atoms with E-state index in [-0.39, 0.29) is 16.4 Å². The van der Waals surface area contributed by atoms with Gasteiger partial charge in [0.2, 0.25) is 0 Å². The molecule has 1 fully saturated rings. The van der Waals surface area contributed by atoms with Crippen LogP contribution in [0.5, 0.6) is 0 Å². The molecule has 0 spiro atoms. The van der Waals surface area contributed by atoms with Crippen LogP contribution in [-0.4, -0.2) is 33.6 Å². The topological polar surface area (TPSA) is 54.5 Å². The van der Waals surface area contributed by atoms with E-state index in [1.165, 1.54) is 12.1 Å². The molecule has 0 radical (unpaired) electrons. The van der Waals surface area contributed by atoms with Crippen molar-refractivity contribution in [2.45, 2.75) is 0 Å². The van der Waals surface area contributed by atoms with Crippen LogP contribution in [0.2, 0.25) is 0 Å². The first-order chi connectivity index (χ1) is 8.11. The van der Waals surface area contributed by atoms with Gasteiger partial charge in [-0.05, 0) is 23.7 Å². The van der Waals surface area contributed by atoms with Gasteiger partial charge < -0.3 is 0 Å². The maximum Gasteiger partial charge on any atom is 0.288 e. The number of rotatable bonds is 2. The molecule has 1 aromatic carbocycles. The summed E-state index contributed by atoms with van der Waals surface area (Å²) in [5, 5.41) is -0.986. The maximum absolute atomic E-state index is 12.1. The molecule has 1 heterocycles. The number of thioether (sulfide) groups is 1. The molecule has 0 aliphatic carbocycles. The van der Waals surface area contributed by atoms with E-state index in [0.717, 1.165) is 16.7 Å². The molecular formula is C11H8ClNO3S. The molecule has 1 aliphatic rings. The molecule has 4 nitrogen and oxygen atoms in total. The van der Waals surface area contributed by atoms with E-state index in [1.54, 1.807) is 12.1 Å². The van der Waals surface area contributed by atoms with E-state index in [4.69, 9.17) is 11.6 Å². The van der Waals surface area contributed by atoms with Crippen molar-refractivity contribution in [3.63, 3.8) is 0 Å². The fourth-order valence-corrected chi connectivity index (χ4v) is 2.51. The standard InChI is InChI=1S/C11H8ClNO3S/c12-9(14)7-3-1-2-4-8(7)10(15)13-5-6-17-11(13)16/h1-4H,5-6H2. The van der Waals surface area contributed by atoms with Crippen molar-refractivity contribution >= 4 is 39.8 Å². The summed E-state index contributed by atoms with van der Waals surface area (Å²) >= 11 is 6.49. The summed E-state index contributed by atoms with van der Waals surface area (Å²) in [5.41, 5.74) is 0.298. The molecule has 0 atom stereocenters. The minimum Gasteiger partial charge on any atom is -0.276 e. The van der Waals surface area contributed by atoms with Crippen molar-refractivity contribution < 1.29 is 14.4 Å². The molecule has 0 N–H and O–H groups in total. The number of hydrogen-bond donors (Lipinski definition) is 0. The summed E-state index contributed by atoms with van der Waals surface area (Å²) in [6, 6.07) is 6.21. The molecule has 2 amide bonds. The fraction of sp³-hybridized carbons (Fsp3) is 0.182. The summed E-state index contributed by atoms with van der Waals surface area (Å²) < 4.78 is 0. The lowest BCUT2D eigenvalue weighted by molar-refractivity contribution is 0.0828. The van der Waals surface area contributed by atoms with E-state index in [9.17, 15) is 14.4 Å². The van der Waals surface area contributed by atoms with Crippen LogP contribution in [0.4, 0.5) is 4.79 Å². The third kappa shape index (κ3) is 2.35. The molecule has 1 aromatic rings. The van der Waals surface area contributed by atoms with Gasteiger partial charge in [-0.25, -0.2) is 0 Å². The lowest BCUT2D eigenvalue weighted by Gasteiger charge is -2.13. The highest BCUT2D eigenvalue weighted by Crippen LogP contribution is 2.22. The lowest BCUT2D eigenvalue weighted by Crippen LogP contribution is -2.31. The second kappa shape index (κ2) is 4.89. The lowest BCUT2D eigenvalue weighted by atomic mass is 10.1. The molecule has 88 valence electrons. The third-order valence-corrected chi connectivity index (χ3v) is 3.43. The Hall–Kier alpha value is -1.33. The van der Waals surface area contributed by atoms with E-state index in [2.05, 4.69) is 0 Å². The molecule has 1 aliphatic heterocycles. The first-order valence-electron chi connectivity index (χ1n) is 4.88. The van der Waals surface area contributed by atoms with Crippen LogP contribution in [0.1, 0.15) is 20.7 Å². The fourth-order valence-electron chi connectivity index (χ4n) is 1.56. The van der Waals surface area contributed by atoms with Crippen LogP contribution in [-0.2, 0) is 0 Å². The second-order valence-corrected chi connectivity index (χ2v) is 4.78. The van der Waals surface area contributed by atoms with Gasteiger partial charge in [-0.3, -0.25) is 19.3 Å². The summed E-state index contributed by atoms with van der Waals surface area (Å²) in [4.78, 5) is 35.8. The Morgan fingerprint density at radius 2 is 1.88 bits per heavy atom. The molecule has 0 bridgehead atoms. The Balaban J connectivity index is 2.37. The summed E-state index contributed by atoms with van der Waals surface area (Å²) in [6.07, 6.45) is 0. The molecule has 0 aromatic heterocycles. The monoisotopic (exact) mass is 269 g/mol. The first-order valence-corrected chi connectivity index (χ1v) is 6.25. The number of carbonyl (C=O) groups is 3. The van der Waals surface area contributed by atoms with E-state index < -0.39 is 11.1 Å². The Bertz CT molecular complexity index is 503. The van der Waals surface area contributed by atoms with E-state index >= 15 is 0 Å². The number of amides is 2. The van der Waals surface area contributed by atoms with Gasteiger partial charge in [0, 0.05) is 17.9 Å². The van der Waals surface area contributed by atoms with Gasteiger partial charge in [0.1, 0.15) is 0 Å². The maximum atomic E-state index is 12.1. The van der Waals surface area contributed by atoms with E-state index in [1.807, 2.05) is 0 Å². The normalized spacial score (nSPS) is 15.1. The van der Waals surface area contributed by atoms with Gasteiger partial charge in [0.15, 0.2) is 0 Å². The van der Waals surface area contributed by atoms with Crippen molar-refractivity contribution in [1.29, 1.82) is 0 Å². The van der Waals surface area contributed by atoms with Crippen molar-refractivity contribution in [2.24, 2.45) is 0 Å². The number of benzene rings is 1.